The molecule has 4 rings (SSSR count). The number of rotatable bonds is 4. The van der Waals surface area contributed by atoms with Crippen LogP contribution in [0.4, 0.5) is 5.69 Å². The lowest BCUT2D eigenvalue weighted by Crippen LogP contribution is -2.21. The van der Waals surface area contributed by atoms with Crippen LogP contribution < -0.4 is 10.9 Å². The Morgan fingerprint density at radius 3 is 2.78 bits per heavy atom. The first kappa shape index (κ1) is 18.8. The van der Waals surface area contributed by atoms with Gasteiger partial charge in [-0.1, -0.05) is 35.0 Å². The van der Waals surface area contributed by atoms with E-state index in [1.807, 2.05) is 0 Å². The van der Waals surface area contributed by atoms with E-state index in [0.717, 1.165) is 35.0 Å². The quantitative estimate of drug-likeness (QED) is 0.479. The van der Waals surface area contributed by atoms with Crippen molar-refractivity contribution >= 4 is 68.1 Å². The maximum atomic E-state index is 12.8. The van der Waals surface area contributed by atoms with Gasteiger partial charge in [-0.3, -0.25) is 14.2 Å². The van der Waals surface area contributed by atoms with E-state index in [0.29, 0.717) is 20.9 Å². The van der Waals surface area contributed by atoms with E-state index in [-0.39, 0.29) is 17.2 Å². The number of nitrogens with one attached hydrogen (secondary N) is 1. The van der Waals surface area contributed by atoms with Crippen molar-refractivity contribution in [2.24, 2.45) is 7.05 Å². The molecule has 2 heterocycles. The van der Waals surface area contributed by atoms with Crippen molar-refractivity contribution in [3.8, 4) is 0 Å². The fourth-order valence-corrected chi connectivity index (χ4v) is 5.79. The number of fused-ring (bicyclic) bond motifs is 3. The Kier molecular flexibility index (Phi) is 5.20. The molecule has 0 bridgehead atoms. The first-order valence-corrected chi connectivity index (χ1v) is 10.9. The maximum absolute atomic E-state index is 12.8. The van der Waals surface area contributed by atoms with E-state index in [1.54, 1.807) is 36.6 Å². The smallest absolute Gasteiger partial charge is 0.262 e. The van der Waals surface area contributed by atoms with E-state index in [4.69, 9.17) is 23.2 Å². The number of aryl methyl sites for hydroxylation is 2. The zero-order chi connectivity index (χ0) is 19.1. The van der Waals surface area contributed by atoms with Crippen molar-refractivity contribution in [1.29, 1.82) is 0 Å². The standard InChI is InChI=1S/C18H15Cl2N3O2S2/c1-23-17(25)15-12-3-2-4-13(12)27-16(15)22-18(23)26-8-14(24)21-11-6-9(19)5-10(20)7-11/h5-7H,2-4,8H2,1H3,(H,21,24). The monoisotopic (exact) mass is 439 g/mol. The van der Waals surface area contributed by atoms with Crippen LogP contribution in [0.5, 0.6) is 0 Å². The average molecular weight is 440 g/mol. The van der Waals surface area contributed by atoms with Gasteiger partial charge in [-0.25, -0.2) is 4.98 Å². The number of thioether (sulfide) groups is 1. The third-order valence-electron chi connectivity index (χ3n) is 4.38. The lowest BCUT2D eigenvalue weighted by atomic mass is 10.2. The molecule has 1 aromatic carbocycles. The number of anilines is 1. The second kappa shape index (κ2) is 7.47. The molecule has 27 heavy (non-hydrogen) atoms. The largest absolute Gasteiger partial charge is 0.325 e. The number of carbonyl (C=O) groups excluding carboxylic acids is 1. The Hall–Kier alpha value is -1.54. The molecule has 0 fully saturated rings. The molecule has 0 aliphatic heterocycles. The molecule has 1 N–H and O–H groups in total. The van der Waals surface area contributed by atoms with Gasteiger partial charge in [0.1, 0.15) is 4.83 Å². The van der Waals surface area contributed by atoms with Crippen LogP contribution in [0.3, 0.4) is 0 Å². The molecule has 0 saturated carbocycles. The summed E-state index contributed by atoms with van der Waals surface area (Å²) in [4.78, 5) is 31.7. The second-order valence-electron chi connectivity index (χ2n) is 6.29. The van der Waals surface area contributed by atoms with Crippen molar-refractivity contribution < 1.29 is 4.79 Å². The normalized spacial score (nSPS) is 13.1. The van der Waals surface area contributed by atoms with Crippen molar-refractivity contribution in [2.45, 2.75) is 24.4 Å². The summed E-state index contributed by atoms with van der Waals surface area (Å²) in [5, 5.41) is 4.94. The highest BCUT2D eigenvalue weighted by Gasteiger charge is 2.22. The fourth-order valence-electron chi connectivity index (χ4n) is 3.19. The molecule has 1 aliphatic rings. The third kappa shape index (κ3) is 3.74. The first-order valence-electron chi connectivity index (χ1n) is 8.32. The van der Waals surface area contributed by atoms with Crippen molar-refractivity contribution in [3.05, 3.63) is 49.0 Å². The zero-order valence-electron chi connectivity index (χ0n) is 14.3. The summed E-state index contributed by atoms with van der Waals surface area (Å²) in [6.07, 6.45) is 3.07. The van der Waals surface area contributed by atoms with Crippen LogP contribution in [-0.4, -0.2) is 21.2 Å². The number of benzene rings is 1. The Morgan fingerprint density at radius 2 is 2.04 bits per heavy atom. The Bertz CT molecular complexity index is 1100. The minimum Gasteiger partial charge on any atom is -0.325 e. The number of nitrogens with zero attached hydrogens (tertiary/aromatic N) is 2. The molecule has 1 aliphatic carbocycles. The molecular formula is C18H15Cl2N3O2S2. The van der Waals surface area contributed by atoms with Crippen LogP contribution in [-0.2, 0) is 24.7 Å². The van der Waals surface area contributed by atoms with Gasteiger partial charge in [-0.05, 0) is 43.0 Å². The van der Waals surface area contributed by atoms with Gasteiger partial charge in [0, 0.05) is 27.7 Å². The van der Waals surface area contributed by atoms with E-state index in [9.17, 15) is 9.59 Å². The summed E-state index contributed by atoms with van der Waals surface area (Å²) >= 11 is 14.7. The highest BCUT2D eigenvalue weighted by molar-refractivity contribution is 7.99. The highest BCUT2D eigenvalue weighted by atomic mass is 35.5. The molecule has 1 amide bonds. The molecule has 140 valence electrons. The Labute approximate surface area is 173 Å². The number of carbonyl (C=O) groups is 1. The molecule has 3 aromatic rings. The van der Waals surface area contributed by atoms with Gasteiger partial charge in [0.05, 0.1) is 11.1 Å². The summed E-state index contributed by atoms with van der Waals surface area (Å²) in [5.41, 5.74) is 1.66. The number of halogens is 2. The molecule has 0 saturated heterocycles. The lowest BCUT2D eigenvalue weighted by Gasteiger charge is -2.09. The number of hydrogen-bond acceptors (Lipinski definition) is 5. The second-order valence-corrected chi connectivity index (χ2v) is 9.19. The topological polar surface area (TPSA) is 64.0 Å². The van der Waals surface area contributed by atoms with Gasteiger partial charge in [-0.2, -0.15) is 0 Å². The van der Waals surface area contributed by atoms with Gasteiger partial charge < -0.3 is 5.32 Å². The van der Waals surface area contributed by atoms with E-state index >= 15 is 0 Å². The summed E-state index contributed by atoms with van der Waals surface area (Å²) in [6.45, 7) is 0. The molecule has 5 nitrogen and oxygen atoms in total. The lowest BCUT2D eigenvalue weighted by molar-refractivity contribution is -0.113. The molecule has 9 heteroatoms. The van der Waals surface area contributed by atoms with Crippen LogP contribution in [0, 0.1) is 0 Å². The van der Waals surface area contributed by atoms with Gasteiger partial charge in [-0.15, -0.1) is 11.3 Å². The Morgan fingerprint density at radius 1 is 1.30 bits per heavy atom. The minimum atomic E-state index is -0.221. The van der Waals surface area contributed by atoms with Gasteiger partial charge in [0.2, 0.25) is 5.91 Å². The molecule has 0 spiro atoms. The highest BCUT2D eigenvalue weighted by Crippen LogP contribution is 2.35. The van der Waals surface area contributed by atoms with Gasteiger partial charge in [0.15, 0.2) is 5.16 Å². The summed E-state index contributed by atoms with van der Waals surface area (Å²) in [7, 11) is 1.70. The van der Waals surface area contributed by atoms with Crippen LogP contribution >= 0.6 is 46.3 Å². The number of aromatic nitrogens is 2. The predicted octanol–water partition coefficient (Wildman–Crippen LogP) is 4.52. The van der Waals surface area contributed by atoms with E-state index < -0.39 is 0 Å². The maximum Gasteiger partial charge on any atom is 0.262 e. The Balaban J connectivity index is 1.53. The van der Waals surface area contributed by atoms with Gasteiger partial charge >= 0.3 is 0 Å². The predicted molar refractivity (Wildman–Crippen MR) is 113 cm³/mol. The number of amides is 1. The summed E-state index contributed by atoms with van der Waals surface area (Å²) in [6, 6.07) is 4.85. The first-order chi connectivity index (χ1) is 12.9. The molecule has 2 aromatic heterocycles. The van der Waals surface area contributed by atoms with Gasteiger partial charge in [0.25, 0.3) is 5.56 Å². The van der Waals surface area contributed by atoms with Crippen molar-refractivity contribution in [3.63, 3.8) is 0 Å². The van der Waals surface area contributed by atoms with Crippen molar-refractivity contribution in [2.75, 3.05) is 11.1 Å². The third-order valence-corrected chi connectivity index (χ3v) is 7.04. The zero-order valence-corrected chi connectivity index (χ0v) is 17.5. The molecule has 0 unspecified atom stereocenters. The summed E-state index contributed by atoms with van der Waals surface area (Å²) < 4.78 is 1.53. The molecule has 0 radical (unpaired) electrons. The van der Waals surface area contributed by atoms with Crippen LogP contribution in [0.2, 0.25) is 10.0 Å². The van der Waals surface area contributed by atoms with E-state index in [1.165, 1.54) is 21.2 Å². The van der Waals surface area contributed by atoms with E-state index in [2.05, 4.69) is 10.3 Å². The molecule has 0 atom stereocenters. The SMILES string of the molecule is Cn1c(SCC(=O)Nc2cc(Cl)cc(Cl)c2)nc2sc3c(c2c1=O)CCC3. The number of hydrogen-bond donors (Lipinski definition) is 1. The van der Waals surface area contributed by atoms with Crippen LogP contribution in [0.1, 0.15) is 16.9 Å². The minimum absolute atomic E-state index is 0.0380. The molecular weight excluding hydrogens is 425 g/mol. The van der Waals surface area contributed by atoms with Crippen LogP contribution in [0.25, 0.3) is 10.2 Å². The number of thiophene rings is 1. The fraction of sp³-hybridized carbons (Fsp3) is 0.278. The average Bonchev–Trinajstić information content (AvgIpc) is 3.16. The summed E-state index contributed by atoms with van der Waals surface area (Å²) in [5.74, 6) is -0.0950. The van der Waals surface area contributed by atoms with Crippen LogP contribution in [0.15, 0.2) is 28.2 Å². The van der Waals surface area contributed by atoms with Crippen molar-refractivity contribution in [1.82, 2.24) is 9.55 Å².